The normalized spacial score (nSPS) is 13.0. The molecule has 14 heteroatoms. The fourth-order valence-electron chi connectivity index (χ4n) is 5.05. The molecule has 1 aliphatic heterocycles. The molecule has 1 amide bonds. The molecule has 0 unspecified atom stereocenters. The number of rotatable bonds is 6. The molecule has 42 heavy (non-hydrogen) atoms. The molecule has 0 aliphatic carbocycles. The summed E-state index contributed by atoms with van der Waals surface area (Å²) in [6.07, 6.45) is 6.57. The van der Waals surface area contributed by atoms with Crippen LogP contribution in [0.5, 0.6) is 5.75 Å². The molecule has 3 aromatic heterocycles. The van der Waals surface area contributed by atoms with Crippen molar-refractivity contribution in [3.63, 3.8) is 0 Å². The van der Waals surface area contributed by atoms with Gasteiger partial charge in [-0.2, -0.15) is 10.1 Å². The van der Waals surface area contributed by atoms with Crippen molar-refractivity contribution in [1.82, 2.24) is 34.6 Å². The zero-order valence-corrected chi connectivity index (χ0v) is 26.0. The number of aryl methyl sites for hydroxylation is 1. The third-order valence-electron chi connectivity index (χ3n) is 7.05. The number of anilines is 4. The molecule has 6 rings (SSSR count). The molecule has 12 nitrogen and oxygen atoms in total. The Hall–Kier alpha value is -4.35. The van der Waals surface area contributed by atoms with Gasteiger partial charge in [-0.1, -0.05) is 0 Å². The first-order valence-electron chi connectivity index (χ1n) is 12.9. The molecule has 2 N–H and O–H groups in total. The Morgan fingerprint density at radius 2 is 1.76 bits per heavy atom. The molecule has 0 saturated heterocycles. The Balaban J connectivity index is 1.41. The fourth-order valence-corrected chi connectivity index (χ4v) is 6.74. The maximum absolute atomic E-state index is 13.4. The minimum absolute atomic E-state index is 0.113. The number of aromatic nitrogens is 6. The van der Waals surface area contributed by atoms with E-state index in [1.165, 1.54) is 0 Å². The molecule has 1 aliphatic rings. The van der Waals surface area contributed by atoms with Crippen LogP contribution in [0.1, 0.15) is 16.1 Å². The average Bonchev–Trinajstić information content (AvgIpc) is 3.28. The van der Waals surface area contributed by atoms with Gasteiger partial charge in [0.05, 0.1) is 57.8 Å². The summed E-state index contributed by atoms with van der Waals surface area (Å²) >= 11 is 3.53. The molecular weight excluding hydrogens is 621 g/mol. The van der Waals surface area contributed by atoms with Crippen LogP contribution in [-0.4, -0.2) is 68.0 Å². The lowest BCUT2D eigenvalue weighted by Gasteiger charge is -2.18. The van der Waals surface area contributed by atoms with Crippen molar-refractivity contribution in [2.24, 2.45) is 7.05 Å². The van der Waals surface area contributed by atoms with Crippen LogP contribution in [0, 0.1) is 0 Å². The van der Waals surface area contributed by atoms with Crippen LogP contribution in [-0.2, 0) is 18.2 Å². The van der Waals surface area contributed by atoms with Crippen molar-refractivity contribution < 1.29 is 14.1 Å². The summed E-state index contributed by atoms with van der Waals surface area (Å²) in [4.78, 5) is 32.9. The molecule has 0 spiro atoms. The molecular formula is C28H27BrN9O3P. The molecule has 0 fully saturated rings. The van der Waals surface area contributed by atoms with E-state index < -0.39 is 7.14 Å². The van der Waals surface area contributed by atoms with Crippen molar-refractivity contribution in [3.8, 4) is 16.9 Å². The summed E-state index contributed by atoms with van der Waals surface area (Å²) < 4.78 is 21.4. The summed E-state index contributed by atoms with van der Waals surface area (Å²) in [5.74, 6) is 1.07. The number of methoxy groups -OCH3 is 1. The highest BCUT2D eigenvalue weighted by molar-refractivity contribution is 9.10. The van der Waals surface area contributed by atoms with Gasteiger partial charge in [0.15, 0.2) is 0 Å². The van der Waals surface area contributed by atoms with Crippen LogP contribution >= 0.6 is 23.1 Å². The van der Waals surface area contributed by atoms with Gasteiger partial charge in [-0.05, 0) is 53.5 Å². The molecule has 5 aromatic rings. The largest absolute Gasteiger partial charge is 0.495 e. The van der Waals surface area contributed by atoms with Crippen molar-refractivity contribution >= 4 is 68.5 Å². The number of amides is 1. The van der Waals surface area contributed by atoms with Gasteiger partial charge in [-0.25, -0.2) is 4.98 Å². The third kappa shape index (κ3) is 4.88. The Kier molecular flexibility index (Phi) is 6.94. The first kappa shape index (κ1) is 27.8. The minimum atomic E-state index is -2.77. The van der Waals surface area contributed by atoms with Gasteiger partial charge in [0.25, 0.3) is 5.91 Å². The molecule has 0 saturated carbocycles. The van der Waals surface area contributed by atoms with E-state index in [0.29, 0.717) is 55.9 Å². The SMILES string of the molecule is COc1cc2c(cc1Nc1ncc(Br)c(Nc3ccc4nccnc4c3P(C)(C)=O)n1)-c1cnn(C)c1CN(C)C2=O. The maximum atomic E-state index is 13.4. The number of nitrogens with one attached hydrogen (secondary N) is 2. The van der Waals surface area contributed by atoms with E-state index in [9.17, 15) is 9.36 Å². The highest BCUT2D eigenvalue weighted by Gasteiger charge is 2.28. The van der Waals surface area contributed by atoms with Gasteiger partial charge in [0.1, 0.15) is 24.2 Å². The van der Waals surface area contributed by atoms with E-state index >= 15 is 0 Å². The van der Waals surface area contributed by atoms with Gasteiger partial charge in [0, 0.05) is 43.8 Å². The summed E-state index contributed by atoms with van der Waals surface area (Å²) in [7, 11) is 2.39. The molecule has 2 aromatic carbocycles. The van der Waals surface area contributed by atoms with E-state index in [4.69, 9.17) is 9.72 Å². The Bertz CT molecular complexity index is 1940. The number of nitrogens with zero attached hydrogens (tertiary/aromatic N) is 7. The van der Waals surface area contributed by atoms with E-state index in [2.05, 4.69) is 46.6 Å². The maximum Gasteiger partial charge on any atom is 0.254 e. The first-order chi connectivity index (χ1) is 20.0. The number of carbonyl (C=O) groups is 1. The van der Waals surface area contributed by atoms with Gasteiger partial charge >= 0.3 is 0 Å². The number of hydrogen-bond acceptors (Lipinski definition) is 10. The third-order valence-corrected chi connectivity index (χ3v) is 9.16. The molecule has 4 heterocycles. The van der Waals surface area contributed by atoms with E-state index in [0.717, 1.165) is 16.8 Å². The second-order valence-electron chi connectivity index (χ2n) is 10.3. The van der Waals surface area contributed by atoms with Gasteiger partial charge in [-0.3, -0.25) is 19.4 Å². The van der Waals surface area contributed by atoms with Gasteiger partial charge < -0.3 is 24.8 Å². The Morgan fingerprint density at radius 1 is 0.976 bits per heavy atom. The standard InChI is InChI=1S/C28H27BrN9O3P/c1-37-14-22-17(12-33-38(22)2)15-10-21(23(41-3)11-16(15)27(37)39)35-28-32-13-18(29)26(36-28)34-20-7-6-19-24(31-9-8-30-19)25(20)42(4,5)40/h6-13H,14H2,1-5H3,(H2,32,34,35,36). The molecule has 0 bridgehead atoms. The van der Waals surface area contributed by atoms with Crippen molar-refractivity contribution in [2.75, 3.05) is 38.1 Å². The first-order valence-corrected chi connectivity index (χ1v) is 16.3. The Labute approximate surface area is 250 Å². The van der Waals surface area contributed by atoms with Crippen LogP contribution < -0.4 is 20.7 Å². The summed E-state index contributed by atoms with van der Waals surface area (Å²) in [6, 6.07) is 7.22. The van der Waals surface area contributed by atoms with Crippen LogP contribution in [0.15, 0.2) is 53.5 Å². The Morgan fingerprint density at radius 3 is 2.52 bits per heavy atom. The average molecular weight is 648 g/mol. The molecule has 0 radical (unpaired) electrons. The predicted octanol–water partition coefficient (Wildman–Crippen LogP) is 4.91. The number of ether oxygens (including phenoxy) is 1. The highest BCUT2D eigenvalue weighted by Crippen LogP contribution is 2.42. The van der Waals surface area contributed by atoms with Gasteiger partial charge in [-0.15, -0.1) is 0 Å². The van der Waals surface area contributed by atoms with Crippen LogP contribution in [0.3, 0.4) is 0 Å². The van der Waals surface area contributed by atoms with Crippen molar-refractivity contribution in [2.45, 2.75) is 6.54 Å². The molecule has 214 valence electrons. The zero-order valence-electron chi connectivity index (χ0n) is 23.5. The number of benzene rings is 2. The number of hydrogen-bond donors (Lipinski definition) is 2. The quantitative estimate of drug-likeness (QED) is 0.244. The monoisotopic (exact) mass is 647 g/mol. The van der Waals surface area contributed by atoms with E-state index in [-0.39, 0.29) is 11.9 Å². The summed E-state index contributed by atoms with van der Waals surface area (Å²) in [5, 5.41) is 11.6. The van der Waals surface area contributed by atoms with Gasteiger partial charge in [0.2, 0.25) is 5.95 Å². The second-order valence-corrected chi connectivity index (χ2v) is 14.3. The lowest BCUT2D eigenvalue weighted by molar-refractivity contribution is 0.0785. The highest BCUT2D eigenvalue weighted by atomic mass is 79.9. The smallest absolute Gasteiger partial charge is 0.254 e. The minimum Gasteiger partial charge on any atom is -0.495 e. The van der Waals surface area contributed by atoms with Crippen LogP contribution in [0.25, 0.3) is 22.2 Å². The van der Waals surface area contributed by atoms with E-state index in [1.807, 2.05) is 25.2 Å². The lowest BCUT2D eigenvalue weighted by atomic mass is 9.99. The number of fused-ring (bicyclic) bond motifs is 4. The number of carbonyl (C=O) groups excluding carboxylic acids is 1. The second kappa shape index (κ2) is 10.5. The molecule has 0 atom stereocenters. The van der Waals surface area contributed by atoms with Crippen LogP contribution in [0.2, 0.25) is 0 Å². The predicted molar refractivity (Wildman–Crippen MR) is 166 cm³/mol. The van der Waals surface area contributed by atoms with Crippen molar-refractivity contribution in [1.29, 1.82) is 0 Å². The van der Waals surface area contributed by atoms with E-state index in [1.54, 1.807) is 67.9 Å². The lowest BCUT2D eigenvalue weighted by Crippen LogP contribution is -2.26. The zero-order chi connectivity index (χ0) is 29.8. The number of halogens is 1. The summed E-state index contributed by atoms with van der Waals surface area (Å²) in [6.45, 7) is 3.83. The topological polar surface area (TPSA) is 140 Å². The summed E-state index contributed by atoms with van der Waals surface area (Å²) in [5.41, 5.74) is 5.45. The fraction of sp³-hybridized carbons (Fsp3) is 0.214. The van der Waals surface area contributed by atoms with Crippen LogP contribution in [0.4, 0.5) is 23.1 Å². The van der Waals surface area contributed by atoms with Crippen molar-refractivity contribution in [3.05, 3.63) is 64.8 Å².